The fourth-order valence-electron chi connectivity index (χ4n) is 1.46. The van der Waals surface area contributed by atoms with Gasteiger partial charge in [-0.25, -0.2) is 13.4 Å². The van der Waals surface area contributed by atoms with Crippen LogP contribution in [0.15, 0.2) is 45.9 Å². The summed E-state index contributed by atoms with van der Waals surface area (Å²) in [4.78, 5) is 4.06. The van der Waals surface area contributed by atoms with Crippen molar-refractivity contribution in [1.29, 1.82) is 0 Å². The third-order valence-corrected chi connectivity index (χ3v) is 5.06. The molecular weight excluding hydrogens is 366 g/mol. The molecule has 1 heterocycles. The van der Waals surface area contributed by atoms with Crippen molar-refractivity contribution in [2.24, 2.45) is 0 Å². The number of nitrogens with zero attached hydrogens (tertiary/aromatic N) is 1. The SMILES string of the molecule is CNc1ccc(S(=O)(=O)Nc2ccc(Cl)c(Br)c2)cn1. The summed E-state index contributed by atoms with van der Waals surface area (Å²) in [5, 5.41) is 3.33. The van der Waals surface area contributed by atoms with Crippen molar-refractivity contribution in [1.82, 2.24) is 4.98 Å². The van der Waals surface area contributed by atoms with Crippen LogP contribution in [0.3, 0.4) is 0 Å². The Morgan fingerprint density at radius 1 is 1.25 bits per heavy atom. The molecule has 0 aliphatic carbocycles. The maximum atomic E-state index is 12.2. The molecule has 0 bridgehead atoms. The van der Waals surface area contributed by atoms with Gasteiger partial charge < -0.3 is 5.32 Å². The molecule has 0 atom stereocenters. The lowest BCUT2D eigenvalue weighted by Gasteiger charge is -2.09. The highest BCUT2D eigenvalue weighted by Crippen LogP contribution is 2.26. The summed E-state index contributed by atoms with van der Waals surface area (Å²) in [6.45, 7) is 0. The average Bonchev–Trinajstić information content (AvgIpc) is 2.43. The van der Waals surface area contributed by atoms with Crippen molar-refractivity contribution in [3.8, 4) is 0 Å². The molecule has 0 amide bonds. The summed E-state index contributed by atoms with van der Waals surface area (Å²) >= 11 is 9.10. The van der Waals surface area contributed by atoms with E-state index in [1.165, 1.54) is 12.3 Å². The number of anilines is 2. The number of benzene rings is 1. The number of sulfonamides is 1. The van der Waals surface area contributed by atoms with Crippen LogP contribution in [-0.2, 0) is 10.0 Å². The van der Waals surface area contributed by atoms with E-state index in [1.54, 1.807) is 31.3 Å². The van der Waals surface area contributed by atoms with Crippen molar-refractivity contribution in [3.05, 3.63) is 46.0 Å². The number of pyridine rings is 1. The Morgan fingerprint density at radius 3 is 2.55 bits per heavy atom. The molecule has 0 aliphatic heterocycles. The van der Waals surface area contributed by atoms with Gasteiger partial charge in [-0.15, -0.1) is 0 Å². The van der Waals surface area contributed by atoms with E-state index in [-0.39, 0.29) is 4.90 Å². The Labute approximate surface area is 130 Å². The van der Waals surface area contributed by atoms with Gasteiger partial charge in [-0.3, -0.25) is 4.72 Å². The van der Waals surface area contributed by atoms with Crippen molar-refractivity contribution in [3.63, 3.8) is 0 Å². The second-order valence-corrected chi connectivity index (χ2v) is 6.81. The number of hydrogen-bond donors (Lipinski definition) is 2. The topological polar surface area (TPSA) is 71.1 Å². The van der Waals surface area contributed by atoms with Crippen molar-refractivity contribution < 1.29 is 8.42 Å². The first kappa shape index (κ1) is 15.1. The Morgan fingerprint density at radius 2 is 2.00 bits per heavy atom. The van der Waals surface area contributed by atoms with Gasteiger partial charge in [-0.05, 0) is 46.3 Å². The minimum Gasteiger partial charge on any atom is -0.373 e. The molecule has 0 radical (unpaired) electrons. The fourth-order valence-corrected chi connectivity index (χ4v) is 2.95. The molecule has 0 spiro atoms. The summed E-state index contributed by atoms with van der Waals surface area (Å²) in [6, 6.07) is 7.85. The van der Waals surface area contributed by atoms with Gasteiger partial charge in [-0.2, -0.15) is 0 Å². The molecular formula is C12H11BrClN3O2S. The van der Waals surface area contributed by atoms with Crippen molar-refractivity contribution >= 4 is 49.1 Å². The smallest absolute Gasteiger partial charge is 0.263 e. The molecule has 0 fully saturated rings. The van der Waals surface area contributed by atoms with E-state index in [0.717, 1.165) is 0 Å². The molecule has 0 aliphatic rings. The highest BCUT2D eigenvalue weighted by atomic mass is 79.9. The highest BCUT2D eigenvalue weighted by Gasteiger charge is 2.15. The number of nitrogens with one attached hydrogen (secondary N) is 2. The minimum absolute atomic E-state index is 0.0857. The zero-order chi connectivity index (χ0) is 14.8. The first-order chi connectivity index (χ1) is 9.42. The van der Waals surface area contributed by atoms with Crippen molar-refractivity contribution in [2.45, 2.75) is 4.90 Å². The standard InChI is InChI=1S/C12H11BrClN3O2S/c1-15-12-5-3-9(7-16-12)20(18,19)17-8-2-4-11(14)10(13)6-8/h2-7,17H,1H3,(H,15,16). The molecule has 5 nitrogen and oxygen atoms in total. The molecule has 20 heavy (non-hydrogen) atoms. The normalized spacial score (nSPS) is 11.2. The quantitative estimate of drug-likeness (QED) is 0.858. The second-order valence-electron chi connectivity index (χ2n) is 3.86. The zero-order valence-corrected chi connectivity index (χ0v) is 13.6. The Bertz CT molecular complexity index is 720. The first-order valence-electron chi connectivity index (χ1n) is 5.54. The summed E-state index contributed by atoms with van der Waals surface area (Å²) in [7, 11) is -1.96. The van der Waals surface area contributed by atoms with Gasteiger partial charge >= 0.3 is 0 Å². The Kier molecular flexibility index (Phi) is 4.52. The summed E-state index contributed by atoms with van der Waals surface area (Å²) in [5.41, 5.74) is 0.416. The van der Waals surface area contributed by atoms with E-state index in [9.17, 15) is 8.42 Å². The summed E-state index contributed by atoms with van der Waals surface area (Å²) < 4.78 is 27.4. The van der Waals surface area contributed by atoms with Gasteiger partial charge in [0.15, 0.2) is 0 Å². The van der Waals surface area contributed by atoms with Gasteiger partial charge in [0.25, 0.3) is 10.0 Å². The van der Waals surface area contributed by atoms with Crippen LogP contribution in [0.25, 0.3) is 0 Å². The predicted octanol–water partition coefficient (Wildman–Crippen LogP) is 3.34. The van der Waals surface area contributed by atoms with Crippen LogP contribution in [0.1, 0.15) is 0 Å². The van der Waals surface area contributed by atoms with Crippen LogP contribution < -0.4 is 10.0 Å². The fraction of sp³-hybridized carbons (Fsp3) is 0.0833. The van der Waals surface area contributed by atoms with E-state index in [1.807, 2.05) is 0 Å². The van der Waals surface area contributed by atoms with Gasteiger partial charge in [0.1, 0.15) is 10.7 Å². The molecule has 2 N–H and O–H groups in total. The van der Waals surface area contributed by atoms with Crippen molar-refractivity contribution in [2.75, 3.05) is 17.1 Å². The third kappa shape index (κ3) is 3.41. The number of rotatable bonds is 4. The highest BCUT2D eigenvalue weighted by molar-refractivity contribution is 9.10. The Balaban J connectivity index is 2.27. The number of hydrogen-bond acceptors (Lipinski definition) is 4. The average molecular weight is 377 g/mol. The molecule has 0 saturated carbocycles. The zero-order valence-electron chi connectivity index (χ0n) is 10.4. The van der Waals surface area contributed by atoms with Gasteiger partial charge in [0, 0.05) is 17.7 Å². The second kappa shape index (κ2) is 5.99. The molecule has 2 aromatic rings. The molecule has 2 rings (SSSR count). The maximum absolute atomic E-state index is 12.2. The van der Waals surface area contributed by atoms with E-state index in [2.05, 4.69) is 31.0 Å². The number of halogens is 2. The van der Waals surface area contributed by atoms with E-state index < -0.39 is 10.0 Å². The van der Waals surface area contributed by atoms with Crippen LogP contribution in [-0.4, -0.2) is 20.4 Å². The van der Waals surface area contributed by atoms with Crippen LogP contribution in [0.2, 0.25) is 5.02 Å². The molecule has 0 saturated heterocycles. The maximum Gasteiger partial charge on any atom is 0.263 e. The minimum atomic E-state index is -3.67. The largest absolute Gasteiger partial charge is 0.373 e. The van der Waals surface area contributed by atoms with Crippen LogP contribution in [0.5, 0.6) is 0 Å². The molecule has 106 valence electrons. The van der Waals surface area contributed by atoms with Crippen LogP contribution in [0, 0.1) is 0 Å². The molecule has 0 unspecified atom stereocenters. The lowest BCUT2D eigenvalue weighted by atomic mass is 10.3. The molecule has 1 aromatic heterocycles. The third-order valence-electron chi connectivity index (χ3n) is 2.47. The van der Waals surface area contributed by atoms with Crippen LogP contribution >= 0.6 is 27.5 Å². The van der Waals surface area contributed by atoms with Gasteiger partial charge in [0.05, 0.1) is 10.7 Å². The lowest BCUT2D eigenvalue weighted by Crippen LogP contribution is -2.13. The lowest BCUT2D eigenvalue weighted by molar-refractivity contribution is 0.601. The van der Waals surface area contributed by atoms with E-state index in [4.69, 9.17) is 11.6 Å². The predicted molar refractivity (Wildman–Crippen MR) is 83.7 cm³/mol. The van der Waals surface area contributed by atoms with E-state index >= 15 is 0 Å². The summed E-state index contributed by atoms with van der Waals surface area (Å²) in [5.74, 6) is 0.596. The monoisotopic (exact) mass is 375 g/mol. The first-order valence-corrected chi connectivity index (χ1v) is 8.19. The Hall–Kier alpha value is -1.31. The molecule has 1 aromatic carbocycles. The van der Waals surface area contributed by atoms with Gasteiger partial charge in [-0.1, -0.05) is 11.6 Å². The van der Waals surface area contributed by atoms with Gasteiger partial charge in [0.2, 0.25) is 0 Å². The number of aromatic nitrogens is 1. The van der Waals surface area contributed by atoms with E-state index in [0.29, 0.717) is 21.0 Å². The summed E-state index contributed by atoms with van der Waals surface area (Å²) in [6.07, 6.45) is 1.29. The molecule has 8 heteroatoms. The van der Waals surface area contributed by atoms with Crippen LogP contribution in [0.4, 0.5) is 11.5 Å².